The summed E-state index contributed by atoms with van der Waals surface area (Å²) in [6.07, 6.45) is 5.37. The Kier molecular flexibility index (Phi) is 5.81. The minimum atomic E-state index is 0.549. The number of anilines is 2. The number of aromatic nitrogens is 3. The van der Waals surface area contributed by atoms with E-state index in [9.17, 15) is 0 Å². The number of guanidine groups is 1. The molecule has 2 fully saturated rings. The number of aliphatic imine (C=N–C) groups is 1. The Hall–Kier alpha value is -2.94. The Bertz CT molecular complexity index is 786. The molecule has 0 atom stereocenters. The van der Waals surface area contributed by atoms with Crippen LogP contribution in [-0.2, 0) is 11.3 Å². The molecule has 4 heterocycles. The van der Waals surface area contributed by atoms with E-state index in [2.05, 4.69) is 40.7 Å². The van der Waals surface area contributed by atoms with Crippen molar-refractivity contribution < 1.29 is 4.74 Å². The van der Waals surface area contributed by atoms with E-state index in [4.69, 9.17) is 10.5 Å². The van der Waals surface area contributed by atoms with Crippen LogP contribution < -0.4 is 15.5 Å². The van der Waals surface area contributed by atoms with Crippen LogP contribution in [0.2, 0.25) is 0 Å². The zero-order chi connectivity index (χ0) is 19.2. The summed E-state index contributed by atoms with van der Waals surface area (Å²) in [7, 11) is 0. The molecule has 0 spiro atoms. The largest absolute Gasteiger partial charge is 0.378 e. The summed E-state index contributed by atoms with van der Waals surface area (Å²) < 4.78 is 5.41. The number of piperazine rings is 1. The molecule has 148 valence electrons. The summed E-state index contributed by atoms with van der Waals surface area (Å²) in [4.78, 5) is 24.2. The van der Waals surface area contributed by atoms with Crippen LogP contribution in [0.25, 0.3) is 0 Å². The second kappa shape index (κ2) is 8.83. The van der Waals surface area contributed by atoms with Crippen molar-refractivity contribution in [3.05, 3.63) is 42.4 Å². The van der Waals surface area contributed by atoms with Crippen molar-refractivity contribution in [1.29, 1.82) is 0 Å². The molecule has 28 heavy (non-hydrogen) atoms. The fourth-order valence-electron chi connectivity index (χ4n) is 3.39. The van der Waals surface area contributed by atoms with Crippen LogP contribution in [0.4, 0.5) is 11.8 Å². The second-order valence-corrected chi connectivity index (χ2v) is 6.82. The maximum atomic E-state index is 6.24. The number of ether oxygens (including phenoxy) is 1. The molecule has 2 aliphatic rings. The predicted molar refractivity (Wildman–Crippen MR) is 108 cm³/mol. The first kappa shape index (κ1) is 18.4. The van der Waals surface area contributed by atoms with Crippen LogP contribution in [0, 0.1) is 0 Å². The quantitative estimate of drug-likeness (QED) is 0.598. The Labute approximate surface area is 164 Å². The van der Waals surface area contributed by atoms with Gasteiger partial charge in [0, 0.05) is 57.9 Å². The van der Waals surface area contributed by atoms with E-state index >= 15 is 0 Å². The molecular weight excluding hydrogens is 356 g/mol. The Morgan fingerprint density at radius 1 is 0.964 bits per heavy atom. The van der Waals surface area contributed by atoms with E-state index < -0.39 is 0 Å². The molecule has 0 bridgehead atoms. The molecule has 9 nitrogen and oxygen atoms in total. The van der Waals surface area contributed by atoms with Crippen molar-refractivity contribution in [3.63, 3.8) is 0 Å². The molecule has 0 unspecified atom stereocenters. The van der Waals surface area contributed by atoms with Gasteiger partial charge in [0.15, 0.2) is 5.96 Å². The molecule has 0 amide bonds. The van der Waals surface area contributed by atoms with E-state index in [0.29, 0.717) is 12.5 Å². The van der Waals surface area contributed by atoms with Crippen molar-refractivity contribution in [2.75, 3.05) is 62.3 Å². The van der Waals surface area contributed by atoms with Crippen LogP contribution in [0.5, 0.6) is 0 Å². The van der Waals surface area contributed by atoms with Gasteiger partial charge < -0.3 is 25.2 Å². The summed E-state index contributed by atoms with van der Waals surface area (Å²) in [5.41, 5.74) is 7.35. The van der Waals surface area contributed by atoms with Gasteiger partial charge in [-0.2, -0.15) is 0 Å². The molecule has 0 radical (unpaired) electrons. The number of rotatable bonds is 4. The third-order valence-corrected chi connectivity index (χ3v) is 5.01. The van der Waals surface area contributed by atoms with Crippen LogP contribution in [0.1, 0.15) is 5.56 Å². The van der Waals surface area contributed by atoms with Gasteiger partial charge in [0.25, 0.3) is 0 Å². The highest BCUT2D eigenvalue weighted by atomic mass is 16.5. The highest BCUT2D eigenvalue weighted by molar-refractivity contribution is 5.78. The zero-order valence-corrected chi connectivity index (χ0v) is 15.9. The van der Waals surface area contributed by atoms with Gasteiger partial charge in [-0.3, -0.25) is 0 Å². The van der Waals surface area contributed by atoms with Crippen LogP contribution >= 0.6 is 0 Å². The molecule has 9 heteroatoms. The Morgan fingerprint density at radius 3 is 2.46 bits per heavy atom. The first-order valence-corrected chi connectivity index (χ1v) is 9.64. The number of nitrogens with two attached hydrogens (primary N) is 1. The van der Waals surface area contributed by atoms with Crippen molar-refractivity contribution in [2.45, 2.75) is 6.54 Å². The van der Waals surface area contributed by atoms with Crippen molar-refractivity contribution in [2.24, 2.45) is 10.7 Å². The van der Waals surface area contributed by atoms with E-state index in [-0.39, 0.29) is 0 Å². The molecule has 2 aromatic heterocycles. The topological polar surface area (TPSA) is 96.0 Å². The SMILES string of the molecule is NC(=NCc1ccnc(N2CCOCC2)c1)N1CCN(c2ncccn2)CC1. The Balaban J connectivity index is 1.32. The van der Waals surface area contributed by atoms with Gasteiger partial charge in [-0.15, -0.1) is 0 Å². The lowest BCUT2D eigenvalue weighted by Crippen LogP contribution is -2.51. The van der Waals surface area contributed by atoms with Crippen LogP contribution in [0.15, 0.2) is 41.8 Å². The van der Waals surface area contributed by atoms with Gasteiger partial charge in [0.2, 0.25) is 5.95 Å². The lowest BCUT2D eigenvalue weighted by molar-refractivity contribution is 0.122. The molecule has 4 rings (SSSR count). The van der Waals surface area contributed by atoms with Crippen molar-refractivity contribution >= 4 is 17.7 Å². The third kappa shape index (κ3) is 4.48. The van der Waals surface area contributed by atoms with Gasteiger partial charge in [-0.1, -0.05) is 0 Å². The number of pyridine rings is 1. The number of nitrogens with zero attached hydrogens (tertiary/aromatic N) is 7. The summed E-state index contributed by atoms with van der Waals surface area (Å²) >= 11 is 0. The zero-order valence-electron chi connectivity index (χ0n) is 15.9. The minimum absolute atomic E-state index is 0.549. The van der Waals surface area contributed by atoms with Gasteiger partial charge in [-0.05, 0) is 23.8 Å². The van der Waals surface area contributed by atoms with E-state index in [1.807, 2.05) is 18.3 Å². The lowest BCUT2D eigenvalue weighted by atomic mass is 10.2. The molecule has 0 aromatic carbocycles. The summed E-state index contributed by atoms with van der Waals surface area (Å²) in [5.74, 6) is 2.33. The second-order valence-electron chi connectivity index (χ2n) is 6.82. The average molecular weight is 382 g/mol. The maximum absolute atomic E-state index is 6.24. The minimum Gasteiger partial charge on any atom is -0.378 e. The van der Waals surface area contributed by atoms with Crippen molar-refractivity contribution in [1.82, 2.24) is 19.9 Å². The summed E-state index contributed by atoms with van der Waals surface area (Å²) in [5, 5.41) is 0. The van der Waals surface area contributed by atoms with Gasteiger partial charge in [0.1, 0.15) is 5.82 Å². The molecule has 0 saturated carbocycles. The fourth-order valence-corrected chi connectivity index (χ4v) is 3.39. The van der Waals surface area contributed by atoms with Gasteiger partial charge in [-0.25, -0.2) is 19.9 Å². The van der Waals surface area contributed by atoms with Gasteiger partial charge >= 0.3 is 0 Å². The number of morpholine rings is 1. The molecular formula is C19H26N8O. The third-order valence-electron chi connectivity index (χ3n) is 5.01. The van der Waals surface area contributed by atoms with Crippen LogP contribution in [-0.4, -0.2) is 78.3 Å². The smallest absolute Gasteiger partial charge is 0.225 e. The van der Waals surface area contributed by atoms with Crippen molar-refractivity contribution in [3.8, 4) is 0 Å². The van der Waals surface area contributed by atoms with E-state index in [0.717, 1.165) is 69.8 Å². The molecule has 2 N–H and O–H groups in total. The Morgan fingerprint density at radius 2 is 1.71 bits per heavy atom. The molecule has 0 aliphatic carbocycles. The standard InChI is InChI=1S/C19H26N8O/c20-18(26-6-8-27(9-7-26)19-22-3-1-4-23-19)24-15-16-2-5-21-17(14-16)25-10-12-28-13-11-25/h1-5,14H,6-13,15H2,(H2,20,24). The highest BCUT2D eigenvalue weighted by Crippen LogP contribution is 2.15. The lowest BCUT2D eigenvalue weighted by Gasteiger charge is -2.35. The van der Waals surface area contributed by atoms with E-state index in [1.54, 1.807) is 12.4 Å². The molecule has 2 saturated heterocycles. The highest BCUT2D eigenvalue weighted by Gasteiger charge is 2.20. The fraction of sp³-hybridized carbons (Fsp3) is 0.474. The monoisotopic (exact) mass is 382 g/mol. The maximum Gasteiger partial charge on any atom is 0.225 e. The first-order chi connectivity index (χ1) is 13.8. The summed E-state index contributed by atoms with van der Waals surface area (Å²) in [6, 6.07) is 5.91. The van der Waals surface area contributed by atoms with Gasteiger partial charge in [0.05, 0.1) is 19.8 Å². The average Bonchev–Trinajstić information content (AvgIpc) is 2.79. The molecule has 2 aromatic rings. The van der Waals surface area contributed by atoms with E-state index in [1.165, 1.54) is 0 Å². The predicted octanol–water partition coefficient (Wildman–Crippen LogP) is 0.345. The number of hydrogen-bond donors (Lipinski definition) is 1. The molecule has 2 aliphatic heterocycles. The normalized spacial score (nSPS) is 18.4. The van der Waals surface area contributed by atoms with Crippen LogP contribution in [0.3, 0.4) is 0 Å². The number of hydrogen-bond acceptors (Lipinski definition) is 7. The summed E-state index contributed by atoms with van der Waals surface area (Å²) in [6.45, 7) is 7.06. The first-order valence-electron chi connectivity index (χ1n) is 9.64.